The Morgan fingerprint density at radius 1 is 1.14 bits per heavy atom. The molecule has 3 rings (SSSR count). The maximum Gasteiger partial charge on any atom is 0.193 e. The van der Waals surface area contributed by atoms with Crippen LogP contribution in [0.25, 0.3) is 22.3 Å². The van der Waals surface area contributed by atoms with Gasteiger partial charge in [0.1, 0.15) is 11.5 Å². The van der Waals surface area contributed by atoms with Gasteiger partial charge in [-0.3, -0.25) is 9.59 Å². The molecule has 1 aromatic heterocycles. The van der Waals surface area contributed by atoms with Crippen LogP contribution in [0.2, 0.25) is 5.02 Å². The van der Waals surface area contributed by atoms with Crippen LogP contribution in [-0.4, -0.2) is 11.4 Å². The van der Waals surface area contributed by atoms with Crippen LogP contribution in [-0.2, 0) is 0 Å². The molecule has 21 heavy (non-hydrogen) atoms. The van der Waals surface area contributed by atoms with E-state index in [1.165, 1.54) is 18.2 Å². The first kappa shape index (κ1) is 13.4. The second kappa shape index (κ2) is 5.07. The molecule has 0 fully saturated rings. The Hall–Kier alpha value is -2.59. The van der Waals surface area contributed by atoms with Crippen LogP contribution < -0.4 is 5.43 Å². The Bertz CT molecular complexity index is 912. The van der Waals surface area contributed by atoms with Gasteiger partial charge in [0.05, 0.1) is 16.0 Å². The summed E-state index contributed by atoms with van der Waals surface area (Å²) in [6.45, 7) is 0. The highest BCUT2D eigenvalue weighted by Crippen LogP contribution is 2.31. The summed E-state index contributed by atoms with van der Waals surface area (Å²) in [4.78, 5) is 23.3. The topological polar surface area (TPSA) is 67.5 Å². The standard InChI is InChI=1S/C16H9ClO4/c17-12-4-2-1-3-9(12)15-7-14(20)10-5-6-13(19)11(8-18)16(10)21-15/h1-8,19H. The maximum absolute atomic E-state index is 12.2. The number of phenolic OH excluding ortho intramolecular Hbond substituents is 1. The lowest BCUT2D eigenvalue weighted by Gasteiger charge is -2.07. The molecule has 0 aliphatic heterocycles. The quantitative estimate of drug-likeness (QED) is 0.734. The van der Waals surface area contributed by atoms with E-state index in [4.69, 9.17) is 16.0 Å². The third-order valence-electron chi connectivity index (χ3n) is 3.17. The SMILES string of the molecule is O=Cc1c(O)ccc2c(=O)cc(-c3ccccc3Cl)oc12. The fourth-order valence-electron chi connectivity index (χ4n) is 2.14. The van der Waals surface area contributed by atoms with Crippen LogP contribution in [0.5, 0.6) is 5.75 Å². The number of phenols is 1. The van der Waals surface area contributed by atoms with Crippen molar-refractivity contribution in [2.24, 2.45) is 0 Å². The molecule has 0 radical (unpaired) electrons. The minimum atomic E-state index is -0.311. The first-order chi connectivity index (χ1) is 10.1. The first-order valence-corrected chi connectivity index (χ1v) is 6.49. The smallest absolute Gasteiger partial charge is 0.193 e. The summed E-state index contributed by atoms with van der Waals surface area (Å²) in [6, 6.07) is 10.9. The molecule has 4 nitrogen and oxygen atoms in total. The third-order valence-corrected chi connectivity index (χ3v) is 3.50. The number of fused-ring (bicyclic) bond motifs is 1. The monoisotopic (exact) mass is 300 g/mol. The fraction of sp³-hybridized carbons (Fsp3) is 0. The van der Waals surface area contributed by atoms with Crippen molar-refractivity contribution >= 4 is 28.9 Å². The van der Waals surface area contributed by atoms with Crippen molar-refractivity contribution < 1.29 is 14.3 Å². The molecular formula is C16H9ClO4. The molecule has 5 heteroatoms. The number of carbonyl (C=O) groups is 1. The number of hydrogen-bond donors (Lipinski definition) is 1. The molecule has 0 spiro atoms. The highest BCUT2D eigenvalue weighted by atomic mass is 35.5. The van der Waals surface area contributed by atoms with E-state index >= 15 is 0 Å². The van der Waals surface area contributed by atoms with Crippen molar-refractivity contribution in [1.82, 2.24) is 0 Å². The van der Waals surface area contributed by atoms with Crippen molar-refractivity contribution in [3.63, 3.8) is 0 Å². The van der Waals surface area contributed by atoms with Crippen molar-refractivity contribution in [3.8, 4) is 17.1 Å². The number of hydrogen-bond acceptors (Lipinski definition) is 4. The molecule has 0 bridgehead atoms. The van der Waals surface area contributed by atoms with Crippen LogP contribution in [0.3, 0.4) is 0 Å². The summed E-state index contributed by atoms with van der Waals surface area (Å²) < 4.78 is 5.64. The predicted octanol–water partition coefficient (Wildman–Crippen LogP) is 3.63. The average molecular weight is 301 g/mol. The van der Waals surface area contributed by atoms with E-state index in [-0.39, 0.29) is 33.5 Å². The predicted molar refractivity (Wildman–Crippen MR) is 80.0 cm³/mol. The van der Waals surface area contributed by atoms with Gasteiger partial charge < -0.3 is 9.52 Å². The Morgan fingerprint density at radius 3 is 2.62 bits per heavy atom. The molecule has 0 saturated carbocycles. The minimum Gasteiger partial charge on any atom is -0.507 e. The highest BCUT2D eigenvalue weighted by molar-refractivity contribution is 6.33. The van der Waals surface area contributed by atoms with Gasteiger partial charge in [-0.2, -0.15) is 0 Å². The Labute approximate surface area is 124 Å². The zero-order chi connectivity index (χ0) is 15.0. The molecule has 0 amide bonds. The number of rotatable bonds is 2. The van der Waals surface area contributed by atoms with Gasteiger partial charge in [-0.1, -0.05) is 23.7 Å². The van der Waals surface area contributed by atoms with Crippen molar-refractivity contribution in [1.29, 1.82) is 0 Å². The van der Waals surface area contributed by atoms with Gasteiger partial charge in [0.25, 0.3) is 0 Å². The van der Waals surface area contributed by atoms with E-state index in [0.717, 1.165) is 0 Å². The Kier molecular flexibility index (Phi) is 3.23. The molecule has 0 atom stereocenters. The lowest BCUT2D eigenvalue weighted by Crippen LogP contribution is -2.02. The molecule has 0 saturated heterocycles. The van der Waals surface area contributed by atoms with E-state index in [1.807, 2.05) is 0 Å². The van der Waals surface area contributed by atoms with Crippen molar-refractivity contribution in [3.05, 3.63) is 63.3 Å². The molecule has 0 aliphatic rings. The van der Waals surface area contributed by atoms with E-state index in [1.54, 1.807) is 24.3 Å². The molecule has 3 aromatic rings. The number of aldehydes is 1. The Balaban J connectivity index is 2.40. The average Bonchev–Trinajstić information content (AvgIpc) is 2.47. The van der Waals surface area contributed by atoms with Crippen LogP contribution in [0, 0.1) is 0 Å². The fourth-order valence-corrected chi connectivity index (χ4v) is 2.37. The zero-order valence-electron chi connectivity index (χ0n) is 10.7. The first-order valence-electron chi connectivity index (χ1n) is 6.11. The van der Waals surface area contributed by atoms with Crippen LogP contribution >= 0.6 is 11.6 Å². The highest BCUT2D eigenvalue weighted by Gasteiger charge is 2.14. The summed E-state index contributed by atoms with van der Waals surface area (Å²) in [6.07, 6.45) is 0.455. The number of carbonyl (C=O) groups excluding carboxylic acids is 1. The molecule has 104 valence electrons. The van der Waals surface area contributed by atoms with Gasteiger partial charge in [0.2, 0.25) is 0 Å². The summed E-state index contributed by atoms with van der Waals surface area (Å²) >= 11 is 6.09. The second-order valence-electron chi connectivity index (χ2n) is 4.45. The van der Waals surface area contributed by atoms with Crippen LogP contribution in [0.4, 0.5) is 0 Å². The van der Waals surface area contributed by atoms with Crippen molar-refractivity contribution in [2.75, 3.05) is 0 Å². The lowest BCUT2D eigenvalue weighted by molar-refractivity contribution is 0.112. The molecular weight excluding hydrogens is 292 g/mol. The Morgan fingerprint density at radius 2 is 1.90 bits per heavy atom. The van der Waals surface area contributed by atoms with Crippen molar-refractivity contribution in [2.45, 2.75) is 0 Å². The van der Waals surface area contributed by atoms with E-state index in [0.29, 0.717) is 16.9 Å². The van der Waals surface area contributed by atoms with Crippen LogP contribution in [0.15, 0.2) is 51.7 Å². The third kappa shape index (κ3) is 2.19. The second-order valence-corrected chi connectivity index (χ2v) is 4.85. The maximum atomic E-state index is 12.2. The summed E-state index contributed by atoms with van der Waals surface area (Å²) in [5.41, 5.74) is 0.221. The van der Waals surface area contributed by atoms with Gasteiger partial charge in [-0.25, -0.2) is 0 Å². The van der Waals surface area contributed by atoms with Gasteiger partial charge in [0.15, 0.2) is 17.3 Å². The van der Waals surface area contributed by atoms with Crippen LogP contribution in [0.1, 0.15) is 10.4 Å². The number of halogens is 1. The number of benzene rings is 2. The van der Waals surface area contributed by atoms with Gasteiger partial charge >= 0.3 is 0 Å². The molecule has 2 aromatic carbocycles. The molecule has 0 aliphatic carbocycles. The zero-order valence-corrected chi connectivity index (χ0v) is 11.4. The molecule has 1 N–H and O–H groups in total. The normalized spacial score (nSPS) is 10.7. The van der Waals surface area contributed by atoms with E-state index in [2.05, 4.69) is 0 Å². The van der Waals surface area contributed by atoms with E-state index < -0.39 is 0 Å². The van der Waals surface area contributed by atoms with Gasteiger partial charge in [0, 0.05) is 11.6 Å². The van der Waals surface area contributed by atoms with E-state index in [9.17, 15) is 14.7 Å². The minimum absolute atomic E-state index is 0.0485. The molecule has 1 heterocycles. The number of aromatic hydroxyl groups is 1. The largest absolute Gasteiger partial charge is 0.507 e. The lowest BCUT2D eigenvalue weighted by atomic mass is 10.1. The summed E-state index contributed by atoms with van der Waals surface area (Å²) in [5.74, 6) is 0.00348. The summed E-state index contributed by atoms with van der Waals surface area (Å²) in [7, 11) is 0. The van der Waals surface area contributed by atoms with Gasteiger partial charge in [-0.05, 0) is 24.3 Å². The summed E-state index contributed by atoms with van der Waals surface area (Å²) in [5, 5.41) is 10.3. The van der Waals surface area contributed by atoms with Gasteiger partial charge in [-0.15, -0.1) is 0 Å². The molecule has 0 unspecified atom stereocenters.